The average molecular weight is 409 g/mol. The van der Waals surface area contributed by atoms with E-state index in [-0.39, 0.29) is 11.8 Å². The van der Waals surface area contributed by atoms with Crippen LogP contribution in [-0.4, -0.2) is 18.4 Å². The van der Waals surface area contributed by atoms with Crippen molar-refractivity contribution < 1.29 is 14.3 Å². The summed E-state index contributed by atoms with van der Waals surface area (Å²) in [5.41, 5.74) is 4.92. The molecule has 0 aromatic heterocycles. The van der Waals surface area contributed by atoms with Gasteiger partial charge >= 0.3 is 0 Å². The Kier molecular flexibility index (Phi) is 7.14. The van der Waals surface area contributed by atoms with Crippen LogP contribution in [0.4, 0.5) is 5.69 Å². The Hall–Kier alpha value is -2.82. The van der Waals surface area contributed by atoms with Gasteiger partial charge in [0.1, 0.15) is 11.8 Å². The van der Waals surface area contributed by atoms with Gasteiger partial charge in [0.25, 0.3) is 5.91 Å². The van der Waals surface area contributed by atoms with Crippen molar-refractivity contribution in [2.45, 2.75) is 66.0 Å². The minimum absolute atomic E-state index is 0.0925. The molecule has 2 amide bonds. The Labute approximate surface area is 179 Å². The van der Waals surface area contributed by atoms with E-state index in [2.05, 4.69) is 18.3 Å². The molecule has 3 rings (SSSR count). The van der Waals surface area contributed by atoms with Gasteiger partial charge in [-0.1, -0.05) is 56.0 Å². The number of nitrogens with zero attached hydrogens (tertiary/aromatic N) is 1. The second kappa shape index (κ2) is 9.79. The van der Waals surface area contributed by atoms with Gasteiger partial charge < -0.3 is 15.0 Å². The smallest absolute Gasteiger partial charge is 0.254 e. The van der Waals surface area contributed by atoms with Crippen molar-refractivity contribution in [1.82, 2.24) is 5.32 Å². The molecule has 1 N–H and O–H groups in total. The second-order valence-electron chi connectivity index (χ2n) is 8.13. The molecule has 30 heavy (non-hydrogen) atoms. The lowest BCUT2D eigenvalue weighted by Gasteiger charge is -2.20. The molecule has 1 aliphatic heterocycles. The Morgan fingerprint density at radius 1 is 1.10 bits per heavy atom. The fourth-order valence-corrected chi connectivity index (χ4v) is 4.07. The lowest BCUT2D eigenvalue weighted by Crippen LogP contribution is -2.36. The molecular weight excluding hydrogens is 376 g/mol. The van der Waals surface area contributed by atoms with E-state index in [0.29, 0.717) is 6.54 Å². The number of ether oxygens (including phenoxy) is 1. The molecule has 0 radical (unpaired) electrons. The molecule has 1 aliphatic rings. The Morgan fingerprint density at radius 3 is 2.50 bits per heavy atom. The summed E-state index contributed by atoms with van der Waals surface area (Å²) in [6.07, 6.45) is 4.72. The molecule has 0 saturated carbocycles. The summed E-state index contributed by atoms with van der Waals surface area (Å²) in [6.45, 7) is 8.85. The minimum Gasteiger partial charge on any atom is -0.494 e. The first-order valence-electron chi connectivity index (χ1n) is 10.8. The van der Waals surface area contributed by atoms with Crippen LogP contribution in [-0.2, 0) is 16.1 Å². The van der Waals surface area contributed by atoms with Gasteiger partial charge in [0.2, 0.25) is 5.91 Å². The lowest BCUT2D eigenvalue weighted by atomic mass is 10.0. The van der Waals surface area contributed by atoms with E-state index in [0.717, 1.165) is 46.7 Å². The summed E-state index contributed by atoms with van der Waals surface area (Å²) in [4.78, 5) is 26.6. The molecule has 0 saturated heterocycles. The summed E-state index contributed by atoms with van der Waals surface area (Å²) in [5.74, 6) is 0.553. The second-order valence-corrected chi connectivity index (χ2v) is 8.13. The third-order valence-electron chi connectivity index (χ3n) is 5.45. The van der Waals surface area contributed by atoms with Crippen LogP contribution in [0.5, 0.6) is 5.75 Å². The number of nitrogens with one attached hydrogen (secondary N) is 1. The molecule has 2 aromatic carbocycles. The molecule has 0 spiro atoms. The summed E-state index contributed by atoms with van der Waals surface area (Å²) >= 11 is 0. The highest BCUT2D eigenvalue weighted by Gasteiger charge is 2.38. The van der Waals surface area contributed by atoms with Crippen LogP contribution in [0, 0.1) is 13.8 Å². The van der Waals surface area contributed by atoms with Crippen LogP contribution < -0.4 is 15.0 Å². The number of fused-ring (bicyclic) bond motifs is 1. The molecular formula is C25H32N2O3. The van der Waals surface area contributed by atoms with Gasteiger partial charge in [-0.3, -0.25) is 9.59 Å². The van der Waals surface area contributed by atoms with Crippen LogP contribution in [0.25, 0.3) is 0 Å². The van der Waals surface area contributed by atoms with Gasteiger partial charge in [0.15, 0.2) is 0 Å². The number of unbranched alkanes of at least 4 members (excludes halogenated alkanes) is 3. The fraction of sp³-hybridized carbons (Fsp3) is 0.440. The van der Waals surface area contributed by atoms with Gasteiger partial charge in [-0.05, 0) is 43.5 Å². The number of anilines is 1. The molecule has 5 nitrogen and oxygen atoms in total. The Bertz CT molecular complexity index is 905. The van der Waals surface area contributed by atoms with E-state index in [9.17, 15) is 9.59 Å². The molecule has 1 heterocycles. The predicted octanol–water partition coefficient (Wildman–Crippen LogP) is 4.99. The van der Waals surface area contributed by atoms with E-state index >= 15 is 0 Å². The van der Waals surface area contributed by atoms with Crippen LogP contribution in [0.15, 0.2) is 36.4 Å². The fourth-order valence-electron chi connectivity index (χ4n) is 4.07. The van der Waals surface area contributed by atoms with Gasteiger partial charge in [-0.25, -0.2) is 0 Å². The number of hydrogen-bond donors (Lipinski definition) is 1. The quantitative estimate of drug-likeness (QED) is 0.595. The van der Waals surface area contributed by atoms with Crippen molar-refractivity contribution in [3.8, 4) is 5.75 Å². The maximum absolute atomic E-state index is 13.1. The number of amides is 2. The molecule has 1 atom stereocenters. The third kappa shape index (κ3) is 5.02. The molecule has 2 aromatic rings. The Morgan fingerprint density at radius 2 is 1.83 bits per heavy atom. The van der Waals surface area contributed by atoms with E-state index in [1.807, 2.05) is 44.2 Å². The Balaban J connectivity index is 1.73. The molecule has 160 valence electrons. The van der Waals surface area contributed by atoms with Crippen molar-refractivity contribution in [1.29, 1.82) is 0 Å². The molecule has 0 bridgehead atoms. The number of rotatable bonds is 9. The maximum Gasteiger partial charge on any atom is 0.254 e. The number of aryl methyl sites for hydroxylation is 2. The largest absolute Gasteiger partial charge is 0.494 e. The first kappa shape index (κ1) is 21.9. The topological polar surface area (TPSA) is 58.6 Å². The predicted molar refractivity (Wildman–Crippen MR) is 120 cm³/mol. The normalized spacial score (nSPS) is 15.3. The monoisotopic (exact) mass is 408 g/mol. The summed E-state index contributed by atoms with van der Waals surface area (Å²) in [6, 6.07) is 11.4. The zero-order valence-electron chi connectivity index (χ0n) is 18.5. The zero-order chi connectivity index (χ0) is 21.7. The molecule has 5 heteroatoms. The number of benzene rings is 2. The first-order valence-corrected chi connectivity index (χ1v) is 10.8. The lowest BCUT2D eigenvalue weighted by molar-refractivity contribution is -0.126. The highest BCUT2D eigenvalue weighted by molar-refractivity contribution is 6.06. The van der Waals surface area contributed by atoms with Crippen molar-refractivity contribution in [2.24, 2.45) is 0 Å². The molecule has 0 fully saturated rings. The highest BCUT2D eigenvalue weighted by Crippen LogP contribution is 2.40. The van der Waals surface area contributed by atoms with Crippen molar-refractivity contribution in [2.75, 3.05) is 11.5 Å². The highest BCUT2D eigenvalue weighted by atomic mass is 16.5. The van der Waals surface area contributed by atoms with Crippen LogP contribution in [0.3, 0.4) is 0 Å². The van der Waals surface area contributed by atoms with Gasteiger partial charge in [0.05, 0.1) is 18.8 Å². The minimum atomic E-state index is -0.623. The van der Waals surface area contributed by atoms with E-state index in [1.165, 1.54) is 26.2 Å². The SMILES string of the molecule is CCCCCCOc1ccc(CN2C(=O)[C@@H](NC(C)=O)c3cc(C)cc(C)c32)cc1. The third-order valence-corrected chi connectivity index (χ3v) is 5.45. The van der Waals surface area contributed by atoms with E-state index < -0.39 is 6.04 Å². The summed E-state index contributed by atoms with van der Waals surface area (Å²) in [5, 5.41) is 2.81. The van der Waals surface area contributed by atoms with Gasteiger partial charge in [-0.15, -0.1) is 0 Å². The van der Waals surface area contributed by atoms with Crippen molar-refractivity contribution in [3.63, 3.8) is 0 Å². The standard InChI is InChI=1S/C25H32N2O3/c1-5-6-7-8-13-30-21-11-9-20(10-12-21)16-27-24-18(3)14-17(2)15-22(24)23(25(27)29)26-19(4)28/h9-12,14-15,23H,5-8,13,16H2,1-4H3,(H,26,28)/t23-/m0/s1. The molecule has 0 unspecified atom stereocenters. The number of carbonyl (C=O) groups excluding carboxylic acids is 2. The average Bonchev–Trinajstić information content (AvgIpc) is 2.94. The van der Waals surface area contributed by atoms with Gasteiger partial charge in [-0.2, -0.15) is 0 Å². The first-order chi connectivity index (χ1) is 14.4. The summed E-state index contributed by atoms with van der Waals surface area (Å²) < 4.78 is 5.82. The summed E-state index contributed by atoms with van der Waals surface area (Å²) in [7, 11) is 0. The van der Waals surface area contributed by atoms with Crippen molar-refractivity contribution in [3.05, 3.63) is 58.7 Å². The zero-order valence-corrected chi connectivity index (χ0v) is 18.5. The molecule has 0 aliphatic carbocycles. The van der Waals surface area contributed by atoms with Crippen LogP contribution >= 0.6 is 0 Å². The van der Waals surface area contributed by atoms with Crippen molar-refractivity contribution >= 4 is 17.5 Å². The van der Waals surface area contributed by atoms with E-state index in [1.54, 1.807) is 4.90 Å². The van der Waals surface area contributed by atoms with Crippen LogP contribution in [0.2, 0.25) is 0 Å². The number of hydrogen-bond acceptors (Lipinski definition) is 3. The van der Waals surface area contributed by atoms with E-state index in [4.69, 9.17) is 4.74 Å². The van der Waals surface area contributed by atoms with Crippen LogP contribution in [0.1, 0.15) is 67.8 Å². The van der Waals surface area contributed by atoms with Gasteiger partial charge in [0, 0.05) is 12.5 Å². The maximum atomic E-state index is 13.1. The number of carbonyl (C=O) groups is 2.